The van der Waals surface area contributed by atoms with Gasteiger partial charge in [-0.25, -0.2) is 0 Å². The molecule has 1 aliphatic heterocycles. The Morgan fingerprint density at radius 3 is 2.62 bits per heavy atom. The maximum atomic E-state index is 12.7. The highest BCUT2D eigenvalue weighted by Gasteiger charge is 2.29. The third-order valence-electron chi connectivity index (χ3n) is 4.48. The van der Waals surface area contributed by atoms with Crippen LogP contribution in [0.3, 0.4) is 0 Å². The Morgan fingerprint density at radius 2 is 2.00 bits per heavy atom. The zero-order chi connectivity index (χ0) is 15.6. The minimum atomic E-state index is 0.0644. The van der Waals surface area contributed by atoms with Gasteiger partial charge >= 0.3 is 0 Å². The number of nitrogens with two attached hydrogens (primary N) is 1. The van der Waals surface area contributed by atoms with E-state index >= 15 is 0 Å². The van der Waals surface area contributed by atoms with E-state index in [1.165, 1.54) is 6.42 Å². The van der Waals surface area contributed by atoms with Gasteiger partial charge in [0.2, 0.25) is 0 Å². The average Bonchev–Trinajstić information content (AvgIpc) is 2.63. The SMILES string of the molecule is CC(C)(C)C1CCCN(C(=O)c2ccc(Br)cc2N)CC1. The van der Waals surface area contributed by atoms with Gasteiger partial charge in [-0.2, -0.15) is 0 Å². The van der Waals surface area contributed by atoms with Gasteiger partial charge in [-0.1, -0.05) is 36.7 Å². The van der Waals surface area contributed by atoms with Gasteiger partial charge in [0.05, 0.1) is 5.56 Å². The molecule has 1 amide bonds. The van der Waals surface area contributed by atoms with Gasteiger partial charge in [0.15, 0.2) is 0 Å². The molecule has 1 unspecified atom stereocenters. The van der Waals surface area contributed by atoms with Crippen LogP contribution in [-0.2, 0) is 0 Å². The maximum Gasteiger partial charge on any atom is 0.255 e. The summed E-state index contributed by atoms with van der Waals surface area (Å²) in [5, 5.41) is 0. The number of likely N-dealkylation sites (tertiary alicyclic amines) is 1. The normalized spacial score (nSPS) is 20.2. The second-order valence-electron chi connectivity index (χ2n) is 7.02. The molecular weight excluding hydrogens is 328 g/mol. The van der Waals surface area contributed by atoms with E-state index in [0.29, 0.717) is 22.6 Å². The second-order valence-corrected chi connectivity index (χ2v) is 7.93. The van der Waals surface area contributed by atoms with Crippen LogP contribution in [0.4, 0.5) is 5.69 Å². The Labute approximate surface area is 136 Å². The number of halogens is 1. The van der Waals surface area contributed by atoms with Gasteiger partial charge < -0.3 is 10.6 Å². The highest BCUT2D eigenvalue weighted by molar-refractivity contribution is 9.10. The molecule has 1 aromatic rings. The highest BCUT2D eigenvalue weighted by atomic mass is 79.9. The number of carbonyl (C=O) groups is 1. The molecule has 0 bridgehead atoms. The van der Waals surface area contributed by atoms with Crippen molar-refractivity contribution < 1.29 is 4.79 Å². The van der Waals surface area contributed by atoms with E-state index in [2.05, 4.69) is 36.7 Å². The molecular formula is C17H25BrN2O. The van der Waals surface area contributed by atoms with Crippen molar-refractivity contribution in [3.63, 3.8) is 0 Å². The van der Waals surface area contributed by atoms with Crippen LogP contribution in [0.15, 0.2) is 22.7 Å². The molecule has 0 saturated carbocycles. The molecule has 0 spiro atoms. The summed E-state index contributed by atoms with van der Waals surface area (Å²) in [6.45, 7) is 8.54. The molecule has 2 N–H and O–H groups in total. The number of hydrogen-bond acceptors (Lipinski definition) is 2. The summed E-state index contributed by atoms with van der Waals surface area (Å²) in [5.74, 6) is 0.743. The highest BCUT2D eigenvalue weighted by Crippen LogP contribution is 2.34. The minimum absolute atomic E-state index is 0.0644. The van der Waals surface area contributed by atoms with Crippen molar-refractivity contribution in [1.29, 1.82) is 0 Å². The molecule has 0 radical (unpaired) electrons. The minimum Gasteiger partial charge on any atom is -0.398 e. The van der Waals surface area contributed by atoms with Crippen LogP contribution < -0.4 is 5.73 Å². The molecule has 1 saturated heterocycles. The van der Waals surface area contributed by atoms with Gasteiger partial charge in [0.25, 0.3) is 5.91 Å². The number of anilines is 1. The smallest absolute Gasteiger partial charge is 0.255 e. The molecule has 1 fully saturated rings. The summed E-state index contributed by atoms with van der Waals surface area (Å²) in [6.07, 6.45) is 3.35. The number of amides is 1. The van der Waals surface area contributed by atoms with E-state index < -0.39 is 0 Å². The van der Waals surface area contributed by atoms with Crippen molar-refractivity contribution in [1.82, 2.24) is 4.90 Å². The fraction of sp³-hybridized carbons (Fsp3) is 0.588. The first-order valence-corrected chi connectivity index (χ1v) is 8.42. The molecule has 21 heavy (non-hydrogen) atoms. The largest absolute Gasteiger partial charge is 0.398 e. The van der Waals surface area contributed by atoms with Crippen LogP contribution in [0, 0.1) is 11.3 Å². The first-order chi connectivity index (χ1) is 9.79. The molecule has 0 aliphatic carbocycles. The first-order valence-electron chi connectivity index (χ1n) is 7.63. The lowest BCUT2D eigenvalue weighted by molar-refractivity contribution is 0.0756. The lowest BCUT2D eigenvalue weighted by Gasteiger charge is -2.29. The summed E-state index contributed by atoms with van der Waals surface area (Å²) in [4.78, 5) is 14.6. The summed E-state index contributed by atoms with van der Waals surface area (Å²) in [6, 6.07) is 5.48. The van der Waals surface area contributed by atoms with Crippen molar-refractivity contribution in [2.45, 2.75) is 40.0 Å². The molecule has 1 aromatic carbocycles. The van der Waals surface area contributed by atoms with Gasteiger partial charge in [-0.3, -0.25) is 4.79 Å². The molecule has 1 atom stereocenters. The molecule has 2 rings (SSSR count). The topological polar surface area (TPSA) is 46.3 Å². The van der Waals surface area contributed by atoms with Gasteiger partial charge in [-0.15, -0.1) is 0 Å². The Hall–Kier alpha value is -1.03. The van der Waals surface area contributed by atoms with E-state index in [4.69, 9.17) is 5.73 Å². The van der Waals surface area contributed by atoms with Gasteiger partial charge in [-0.05, 0) is 48.8 Å². The first kappa shape index (κ1) is 16.3. The van der Waals surface area contributed by atoms with E-state index in [1.54, 1.807) is 6.07 Å². The predicted octanol–water partition coefficient (Wildman–Crippen LogP) is 4.32. The number of nitrogen functional groups attached to an aromatic ring is 1. The second kappa shape index (κ2) is 6.39. The summed E-state index contributed by atoms with van der Waals surface area (Å²) in [5.41, 5.74) is 7.47. The van der Waals surface area contributed by atoms with Crippen molar-refractivity contribution in [3.8, 4) is 0 Å². The Morgan fingerprint density at radius 1 is 1.29 bits per heavy atom. The Kier molecular flexibility index (Phi) is 4.97. The molecule has 116 valence electrons. The van der Waals surface area contributed by atoms with Crippen molar-refractivity contribution >= 4 is 27.5 Å². The van der Waals surface area contributed by atoms with E-state index in [0.717, 1.165) is 30.4 Å². The summed E-state index contributed by atoms with van der Waals surface area (Å²) in [7, 11) is 0. The third kappa shape index (κ3) is 4.00. The van der Waals surface area contributed by atoms with Gasteiger partial charge in [0.1, 0.15) is 0 Å². The number of carbonyl (C=O) groups excluding carboxylic acids is 1. The summed E-state index contributed by atoms with van der Waals surface area (Å²) >= 11 is 3.38. The van der Waals surface area contributed by atoms with Crippen LogP contribution in [0.2, 0.25) is 0 Å². The lowest BCUT2D eigenvalue weighted by atomic mass is 9.77. The number of rotatable bonds is 1. The lowest BCUT2D eigenvalue weighted by Crippen LogP contribution is -2.33. The monoisotopic (exact) mass is 352 g/mol. The van der Waals surface area contributed by atoms with Crippen molar-refractivity contribution in [2.75, 3.05) is 18.8 Å². The number of nitrogens with zero attached hydrogens (tertiary/aromatic N) is 1. The van der Waals surface area contributed by atoms with Crippen molar-refractivity contribution in [3.05, 3.63) is 28.2 Å². The molecule has 1 heterocycles. The number of hydrogen-bond donors (Lipinski definition) is 1. The third-order valence-corrected chi connectivity index (χ3v) is 4.98. The molecule has 0 aromatic heterocycles. The standard InChI is InChI=1S/C17H25BrN2O/c1-17(2,3)12-5-4-9-20(10-8-12)16(21)14-7-6-13(18)11-15(14)19/h6-7,11-12H,4-5,8-10,19H2,1-3H3. The van der Waals surface area contributed by atoms with Crippen LogP contribution >= 0.6 is 15.9 Å². The Balaban J connectivity index is 2.10. The van der Waals surface area contributed by atoms with Crippen molar-refractivity contribution in [2.24, 2.45) is 11.3 Å². The fourth-order valence-corrected chi connectivity index (χ4v) is 3.44. The van der Waals surface area contributed by atoms with E-state index in [1.807, 2.05) is 17.0 Å². The zero-order valence-corrected chi connectivity index (χ0v) is 14.7. The van der Waals surface area contributed by atoms with Gasteiger partial charge in [0, 0.05) is 23.2 Å². The fourth-order valence-electron chi connectivity index (χ4n) is 3.06. The van der Waals surface area contributed by atoms with Crippen LogP contribution in [0.5, 0.6) is 0 Å². The van der Waals surface area contributed by atoms with Crippen LogP contribution in [0.25, 0.3) is 0 Å². The molecule has 3 nitrogen and oxygen atoms in total. The van der Waals surface area contributed by atoms with E-state index in [9.17, 15) is 4.79 Å². The quantitative estimate of drug-likeness (QED) is 0.765. The van der Waals surface area contributed by atoms with Crippen LogP contribution in [-0.4, -0.2) is 23.9 Å². The summed E-state index contributed by atoms with van der Waals surface area (Å²) < 4.78 is 0.903. The maximum absolute atomic E-state index is 12.7. The van der Waals surface area contributed by atoms with E-state index in [-0.39, 0.29) is 5.91 Å². The predicted molar refractivity (Wildman–Crippen MR) is 91.3 cm³/mol. The molecule has 1 aliphatic rings. The number of benzene rings is 1. The zero-order valence-electron chi connectivity index (χ0n) is 13.2. The Bertz CT molecular complexity index is 522. The van der Waals surface area contributed by atoms with Crippen LogP contribution in [0.1, 0.15) is 50.4 Å². The average molecular weight is 353 g/mol. The molecule has 4 heteroatoms.